The molecule has 0 bridgehead atoms. The molecule has 0 atom stereocenters. The first kappa shape index (κ1) is 26.3. The average molecular weight is 582 g/mol. The van der Waals surface area contributed by atoms with Crippen LogP contribution in [0, 0.1) is 0 Å². The van der Waals surface area contributed by atoms with E-state index in [2.05, 4.69) is 97.1 Å². The lowest BCUT2D eigenvalue weighted by atomic mass is 9.93. The zero-order chi connectivity index (χ0) is 29.5. The van der Waals surface area contributed by atoms with Crippen LogP contribution in [-0.4, -0.2) is 4.98 Å². The summed E-state index contributed by atoms with van der Waals surface area (Å²) >= 11 is 0. The van der Waals surface area contributed by atoms with Crippen LogP contribution < -0.4 is 15.9 Å². The summed E-state index contributed by atoms with van der Waals surface area (Å²) in [6.45, 7) is 0. The maximum absolute atomic E-state index is 15.6. The number of hydrogen-bond acceptors (Lipinski definition) is 2. The zero-order valence-corrected chi connectivity index (χ0v) is 24.9. The molecule has 0 fully saturated rings. The van der Waals surface area contributed by atoms with Crippen molar-refractivity contribution in [1.29, 1.82) is 0 Å². The van der Waals surface area contributed by atoms with Crippen LogP contribution in [-0.2, 0) is 4.57 Å². The Hall–Kier alpha value is -5.30. The summed E-state index contributed by atoms with van der Waals surface area (Å²) in [7, 11) is -3.22. The van der Waals surface area contributed by atoms with Gasteiger partial charge in [0.05, 0.1) is 11.0 Å². The van der Waals surface area contributed by atoms with E-state index in [9.17, 15) is 0 Å². The van der Waals surface area contributed by atoms with E-state index in [0.717, 1.165) is 70.7 Å². The number of rotatable bonds is 5. The molecule has 8 rings (SSSR count). The SMILES string of the molecule is O=P(c1ccccc1)(c1ccccc1)c1cc(-c2ccccc2)cc(-c2cc3cc4ccccc4nc3c3ccccc23)c1. The molecule has 0 spiro atoms. The quantitative estimate of drug-likeness (QED) is 0.115. The fraction of sp³-hybridized carbons (Fsp3) is 0. The first-order chi connectivity index (χ1) is 21.7. The fourth-order valence-electron chi connectivity index (χ4n) is 6.32. The van der Waals surface area contributed by atoms with Crippen molar-refractivity contribution in [3.05, 3.63) is 170 Å². The van der Waals surface area contributed by atoms with Crippen LogP contribution in [0.1, 0.15) is 0 Å². The maximum Gasteiger partial charge on any atom is 0.171 e. The van der Waals surface area contributed by atoms with E-state index >= 15 is 4.57 Å². The van der Waals surface area contributed by atoms with E-state index in [1.165, 1.54) is 0 Å². The average Bonchev–Trinajstić information content (AvgIpc) is 3.11. The molecule has 0 saturated heterocycles. The van der Waals surface area contributed by atoms with Gasteiger partial charge in [0, 0.05) is 32.1 Å². The molecule has 8 aromatic rings. The summed E-state index contributed by atoms with van der Waals surface area (Å²) in [6, 6.07) is 57.9. The zero-order valence-electron chi connectivity index (χ0n) is 24.0. The van der Waals surface area contributed by atoms with Gasteiger partial charge < -0.3 is 4.57 Å². The summed E-state index contributed by atoms with van der Waals surface area (Å²) in [5, 5.41) is 6.87. The predicted octanol–water partition coefficient (Wildman–Crippen LogP) is 9.51. The third kappa shape index (κ3) is 4.43. The molecular weight excluding hydrogens is 553 g/mol. The summed E-state index contributed by atoms with van der Waals surface area (Å²) in [6.07, 6.45) is 0. The largest absolute Gasteiger partial charge is 0.309 e. The molecule has 208 valence electrons. The van der Waals surface area contributed by atoms with Gasteiger partial charge in [0.1, 0.15) is 0 Å². The summed E-state index contributed by atoms with van der Waals surface area (Å²) in [4.78, 5) is 5.10. The highest BCUT2D eigenvalue weighted by atomic mass is 31.2. The molecular formula is C41H28NOP. The van der Waals surface area contributed by atoms with Gasteiger partial charge in [0.25, 0.3) is 0 Å². The van der Waals surface area contributed by atoms with Gasteiger partial charge in [-0.05, 0) is 64.0 Å². The Kier molecular flexibility index (Phi) is 6.44. The van der Waals surface area contributed by atoms with E-state index in [4.69, 9.17) is 4.98 Å². The lowest BCUT2D eigenvalue weighted by molar-refractivity contribution is 0.592. The monoisotopic (exact) mass is 581 g/mol. The second kappa shape index (κ2) is 10.8. The summed E-state index contributed by atoms with van der Waals surface area (Å²) in [5.74, 6) is 0. The number of aromatic nitrogens is 1. The molecule has 0 radical (unpaired) electrons. The van der Waals surface area contributed by atoms with Crippen LogP contribution in [0.5, 0.6) is 0 Å². The van der Waals surface area contributed by atoms with E-state index in [1.807, 2.05) is 72.8 Å². The van der Waals surface area contributed by atoms with Gasteiger partial charge in [-0.2, -0.15) is 0 Å². The number of hydrogen-bond donors (Lipinski definition) is 0. The van der Waals surface area contributed by atoms with Crippen LogP contribution in [0.2, 0.25) is 0 Å². The highest BCUT2D eigenvalue weighted by Crippen LogP contribution is 2.45. The Morgan fingerprint density at radius 3 is 1.68 bits per heavy atom. The smallest absolute Gasteiger partial charge is 0.171 e. The van der Waals surface area contributed by atoms with Crippen molar-refractivity contribution in [3.63, 3.8) is 0 Å². The van der Waals surface area contributed by atoms with Crippen molar-refractivity contribution in [2.45, 2.75) is 0 Å². The first-order valence-corrected chi connectivity index (χ1v) is 16.5. The van der Waals surface area contributed by atoms with Crippen LogP contribution in [0.3, 0.4) is 0 Å². The minimum absolute atomic E-state index is 0.812. The third-order valence-electron chi connectivity index (χ3n) is 8.46. The number of pyridine rings is 1. The van der Waals surface area contributed by atoms with Gasteiger partial charge in [-0.3, -0.25) is 0 Å². The van der Waals surface area contributed by atoms with Crippen molar-refractivity contribution in [1.82, 2.24) is 4.98 Å². The second-order valence-corrected chi connectivity index (χ2v) is 13.9. The highest BCUT2D eigenvalue weighted by molar-refractivity contribution is 7.85. The first-order valence-electron chi connectivity index (χ1n) is 14.8. The second-order valence-electron chi connectivity index (χ2n) is 11.1. The normalized spacial score (nSPS) is 11.7. The minimum atomic E-state index is -3.22. The molecule has 2 nitrogen and oxygen atoms in total. The Labute approximate surface area is 256 Å². The van der Waals surface area contributed by atoms with Crippen LogP contribution >= 0.6 is 7.14 Å². The third-order valence-corrected chi connectivity index (χ3v) is 11.5. The van der Waals surface area contributed by atoms with Crippen molar-refractivity contribution in [2.24, 2.45) is 0 Å². The van der Waals surface area contributed by atoms with Crippen molar-refractivity contribution in [3.8, 4) is 22.3 Å². The fourth-order valence-corrected chi connectivity index (χ4v) is 9.04. The Morgan fingerprint density at radius 2 is 0.977 bits per heavy atom. The number of fused-ring (bicyclic) bond motifs is 4. The molecule has 3 heteroatoms. The van der Waals surface area contributed by atoms with Gasteiger partial charge in [0.2, 0.25) is 0 Å². The lowest BCUT2D eigenvalue weighted by Crippen LogP contribution is -2.25. The maximum atomic E-state index is 15.6. The van der Waals surface area contributed by atoms with Gasteiger partial charge in [-0.15, -0.1) is 0 Å². The molecule has 0 amide bonds. The minimum Gasteiger partial charge on any atom is -0.309 e. The van der Waals surface area contributed by atoms with Crippen LogP contribution in [0.4, 0.5) is 0 Å². The number of benzene rings is 7. The van der Waals surface area contributed by atoms with Crippen molar-refractivity contribution in [2.75, 3.05) is 0 Å². The van der Waals surface area contributed by atoms with Crippen molar-refractivity contribution >= 4 is 55.6 Å². The number of para-hydroxylation sites is 1. The summed E-state index contributed by atoms with van der Waals surface area (Å²) in [5.41, 5.74) is 6.21. The van der Waals surface area contributed by atoms with Crippen LogP contribution in [0.15, 0.2) is 170 Å². The molecule has 0 unspecified atom stereocenters. The van der Waals surface area contributed by atoms with E-state index in [1.54, 1.807) is 0 Å². The molecule has 0 aliphatic heterocycles. The molecule has 0 saturated carbocycles. The molecule has 44 heavy (non-hydrogen) atoms. The van der Waals surface area contributed by atoms with E-state index < -0.39 is 7.14 Å². The van der Waals surface area contributed by atoms with E-state index in [-0.39, 0.29) is 0 Å². The molecule has 7 aromatic carbocycles. The van der Waals surface area contributed by atoms with E-state index in [0.29, 0.717) is 0 Å². The molecule has 0 aliphatic rings. The van der Waals surface area contributed by atoms with Crippen molar-refractivity contribution < 1.29 is 4.57 Å². The summed E-state index contributed by atoms with van der Waals surface area (Å²) < 4.78 is 15.6. The Bertz CT molecular complexity index is 2310. The van der Waals surface area contributed by atoms with Gasteiger partial charge >= 0.3 is 0 Å². The predicted molar refractivity (Wildman–Crippen MR) is 187 cm³/mol. The van der Waals surface area contributed by atoms with Gasteiger partial charge in [-0.25, -0.2) is 4.98 Å². The highest BCUT2D eigenvalue weighted by Gasteiger charge is 2.30. The molecule has 0 aliphatic carbocycles. The Morgan fingerprint density at radius 1 is 0.409 bits per heavy atom. The van der Waals surface area contributed by atoms with Gasteiger partial charge in [0.15, 0.2) is 7.14 Å². The molecule has 1 heterocycles. The molecule has 1 aromatic heterocycles. The van der Waals surface area contributed by atoms with Gasteiger partial charge in [-0.1, -0.05) is 133 Å². The number of nitrogens with zero attached hydrogens (tertiary/aromatic N) is 1. The standard InChI is InChI=1S/C41H28NOP/c43-44(34-17-6-2-7-18-34,35-19-8-3-9-20-35)36-26-31(29-14-4-1-5-15-29)25-32(27-36)39-28-33-24-30-16-10-13-23-40(30)42-41(33)38-22-12-11-21-37(38)39/h1-28H. The van der Waals surface area contributed by atoms with Crippen LogP contribution in [0.25, 0.3) is 54.8 Å². The Balaban J connectivity index is 1.46. The topological polar surface area (TPSA) is 30.0 Å². The molecule has 0 N–H and O–H groups in total. The lowest BCUT2D eigenvalue weighted by Gasteiger charge is -2.22.